The van der Waals surface area contributed by atoms with Crippen molar-refractivity contribution in [2.75, 3.05) is 20.2 Å². The summed E-state index contributed by atoms with van der Waals surface area (Å²) < 4.78 is 5.13. The molecule has 1 aromatic rings. The average molecular weight is 275 g/mol. The molecule has 2 aliphatic heterocycles. The third kappa shape index (κ3) is 3.13. The van der Waals surface area contributed by atoms with Gasteiger partial charge in [-0.05, 0) is 44.3 Å². The molecule has 2 unspecified atom stereocenters. The number of nitrogens with zero attached hydrogens (tertiary/aromatic N) is 2. The van der Waals surface area contributed by atoms with E-state index in [4.69, 9.17) is 4.74 Å². The van der Waals surface area contributed by atoms with Crippen molar-refractivity contribution >= 4 is 0 Å². The fourth-order valence-corrected chi connectivity index (χ4v) is 3.57. The molecule has 2 atom stereocenters. The molecule has 4 nitrogen and oxygen atoms in total. The molecule has 0 spiro atoms. The summed E-state index contributed by atoms with van der Waals surface area (Å²) in [5, 5.41) is 3.68. The minimum absolute atomic E-state index is 0.696. The maximum atomic E-state index is 5.13. The Bertz CT molecular complexity index is 414. The molecule has 3 rings (SSSR count). The Hall–Kier alpha value is -1.13. The molecule has 2 aliphatic rings. The van der Waals surface area contributed by atoms with E-state index in [-0.39, 0.29) is 0 Å². The van der Waals surface area contributed by atoms with Crippen molar-refractivity contribution < 1.29 is 4.74 Å². The fourth-order valence-electron chi connectivity index (χ4n) is 3.57. The second-order valence-electron chi connectivity index (χ2n) is 5.95. The second-order valence-corrected chi connectivity index (χ2v) is 5.95. The zero-order valence-electron chi connectivity index (χ0n) is 12.3. The molecule has 0 amide bonds. The third-order valence-electron chi connectivity index (χ3n) is 4.62. The standard InChI is InChI=1S/C16H25N3O/c1-20-16-8-7-13(11-18-16)12-19-10-3-2-6-15(19)14-5-4-9-17-14/h7-8,11,14-15,17H,2-6,9-10,12H2,1H3. The highest BCUT2D eigenvalue weighted by Gasteiger charge is 2.31. The van der Waals surface area contributed by atoms with E-state index in [1.165, 1.54) is 50.8 Å². The van der Waals surface area contributed by atoms with Gasteiger partial charge < -0.3 is 10.1 Å². The SMILES string of the molecule is COc1ccc(CN2CCCCC2C2CCCN2)cn1. The molecular formula is C16H25N3O. The predicted molar refractivity (Wildman–Crippen MR) is 79.9 cm³/mol. The van der Waals surface area contributed by atoms with Gasteiger partial charge in [-0.15, -0.1) is 0 Å². The summed E-state index contributed by atoms with van der Waals surface area (Å²) in [6, 6.07) is 5.50. The molecule has 20 heavy (non-hydrogen) atoms. The van der Waals surface area contributed by atoms with Gasteiger partial charge >= 0.3 is 0 Å². The molecule has 4 heteroatoms. The Morgan fingerprint density at radius 3 is 2.95 bits per heavy atom. The summed E-state index contributed by atoms with van der Waals surface area (Å²) >= 11 is 0. The minimum Gasteiger partial charge on any atom is -0.481 e. The van der Waals surface area contributed by atoms with Crippen LogP contribution in [0.4, 0.5) is 0 Å². The molecule has 0 saturated carbocycles. The van der Waals surface area contributed by atoms with E-state index in [1.54, 1.807) is 7.11 Å². The molecule has 2 saturated heterocycles. The number of piperidine rings is 1. The van der Waals surface area contributed by atoms with Crippen LogP contribution in [-0.4, -0.2) is 42.2 Å². The van der Waals surface area contributed by atoms with Gasteiger partial charge in [-0.25, -0.2) is 4.98 Å². The van der Waals surface area contributed by atoms with Crippen LogP contribution in [0.2, 0.25) is 0 Å². The molecule has 1 aromatic heterocycles. The molecule has 1 N–H and O–H groups in total. The largest absolute Gasteiger partial charge is 0.481 e. The quantitative estimate of drug-likeness (QED) is 0.914. The van der Waals surface area contributed by atoms with E-state index in [0.29, 0.717) is 18.0 Å². The topological polar surface area (TPSA) is 37.4 Å². The monoisotopic (exact) mass is 275 g/mol. The van der Waals surface area contributed by atoms with Crippen LogP contribution in [0.5, 0.6) is 5.88 Å². The zero-order valence-corrected chi connectivity index (χ0v) is 12.3. The lowest BCUT2D eigenvalue weighted by molar-refractivity contribution is 0.112. The summed E-state index contributed by atoms with van der Waals surface area (Å²) in [4.78, 5) is 6.97. The predicted octanol–water partition coefficient (Wildman–Crippen LogP) is 2.20. The highest BCUT2D eigenvalue weighted by molar-refractivity contribution is 5.18. The van der Waals surface area contributed by atoms with Crippen molar-refractivity contribution in [3.63, 3.8) is 0 Å². The Kier molecular flexibility index (Phi) is 4.53. The third-order valence-corrected chi connectivity index (χ3v) is 4.62. The Balaban J connectivity index is 1.66. The van der Waals surface area contributed by atoms with Gasteiger partial charge in [-0.2, -0.15) is 0 Å². The van der Waals surface area contributed by atoms with Gasteiger partial charge in [0.15, 0.2) is 0 Å². The molecule has 0 aromatic carbocycles. The summed E-state index contributed by atoms with van der Waals surface area (Å²) in [6.45, 7) is 3.42. The van der Waals surface area contributed by atoms with Crippen LogP contribution in [0.15, 0.2) is 18.3 Å². The number of aromatic nitrogens is 1. The molecule has 2 fully saturated rings. The first-order valence-electron chi connectivity index (χ1n) is 7.83. The highest BCUT2D eigenvalue weighted by atomic mass is 16.5. The van der Waals surface area contributed by atoms with E-state index in [2.05, 4.69) is 21.3 Å². The number of pyridine rings is 1. The number of nitrogens with one attached hydrogen (secondary N) is 1. The van der Waals surface area contributed by atoms with E-state index in [0.717, 1.165) is 6.54 Å². The van der Waals surface area contributed by atoms with Crippen LogP contribution in [0.25, 0.3) is 0 Å². The number of hydrogen-bond acceptors (Lipinski definition) is 4. The van der Waals surface area contributed by atoms with Crippen molar-refractivity contribution in [3.05, 3.63) is 23.9 Å². The van der Waals surface area contributed by atoms with Crippen LogP contribution in [-0.2, 0) is 6.54 Å². The molecular weight excluding hydrogens is 250 g/mol. The fraction of sp³-hybridized carbons (Fsp3) is 0.688. The Morgan fingerprint density at radius 1 is 1.30 bits per heavy atom. The maximum absolute atomic E-state index is 5.13. The zero-order chi connectivity index (χ0) is 13.8. The van der Waals surface area contributed by atoms with Crippen molar-refractivity contribution in [1.82, 2.24) is 15.2 Å². The first-order valence-corrected chi connectivity index (χ1v) is 7.83. The maximum Gasteiger partial charge on any atom is 0.212 e. The van der Waals surface area contributed by atoms with E-state index in [9.17, 15) is 0 Å². The highest BCUT2D eigenvalue weighted by Crippen LogP contribution is 2.25. The van der Waals surface area contributed by atoms with Crippen LogP contribution in [0.1, 0.15) is 37.7 Å². The Morgan fingerprint density at radius 2 is 2.25 bits per heavy atom. The van der Waals surface area contributed by atoms with Crippen LogP contribution >= 0.6 is 0 Å². The van der Waals surface area contributed by atoms with Crippen molar-refractivity contribution in [2.24, 2.45) is 0 Å². The van der Waals surface area contributed by atoms with E-state index in [1.807, 2.05) is 12.3 Å². The summed E-state index contributed by atoms with van der Waals surface area (Å²) in [7, 11) is 1.66. The minimum atomic E-state index is 0.696. The van der Waals surface area contributed by atoms with Crippen LogP contribution in [0, 0.1) is 0 Å². The number of hydrogen-bond donors (Lipinski definition) is 1. The van der Waals surface area contributed by atoms with Gasteiger partial charge in [-0.1, -0.05) is 12.5 Å². The van der Waals surface area contributed by atoms with Crippen molar-refractivity contribution in [1.29, 1.82) is 0 Å². The number of ether oxygens (including phenoxy) is 1. The lowest BCUT2D eigenvalue weighted by Gasteiger charge is -2.39. The molecule has 110 valence electrons. The normalized spacial score (nSPS) is 27.6. The number of rotatable bonds is 4. The summed E-state index contributed by atoms with van der Waals surface area (Å²) in [5.74, 6) is 0.696. The lowest BCUT2D eigenvalue weighted by atomic mass is 9.94. The summed E-state index contributed by atoms with van der Waals surface area (Å²) in [5.41, 5.74) is 1.29. The van der Waals surface area contributed by atoms with Gasteiger partial charge in [-0.3, -0.25) is 4.90 Å². The van der Waals surface area contributed by atoms with Gasteiger partial charge in [0.1, 0.15) is 0 Å². The van der Waals surface area contributed by atoms with Crippen molar-refractivity contribution in [2.45, 2.75) is 50.7 Å². The van der Waals surface area contributed by atoms with E-state index >= 15 is 0 Å². The summed E-state index contributed by atoms with van der Waals surface area (Å²) in [6.07, 6.45) is 8.65. The first-order chi connectivity index (χ1) is 9.86. The van der Waals surface area contributed by atoms with Gasteiger partial charge in [0, 0.05) is 30.9 Å². The number of methoxy groups -OCH3 is 1. The molecule has 0 bridgehead atoms. The van der Waals surface area contributed by atoms with Gasteiger partial charge in [0.25, 0.3) is 0 Å². The van der Waals surface area contributed by atoms with Gasteiger partial charge in [0.05, 0.1) is 7.11 Å². The second kappa shape index (κ2) is 6.55. The smallest absolute Gasteiger partial charge is 0.212 e. The molecule has 0 radical (unpaired) electrons. The first kappa shape index (κ1) is 13.8. The lowest BCUT2D eigenvalue weighted by Crippen LogP contribution is -2.49. The van der Waals surface area contributed by atoms with Gasteiger partial charge in [0.2, 0.25) is 5.88 Å². The van der Waals surface area contributed by atoms with Crippen LogP contribution in [0.3, 0.4) is 0 Å². The van der Waals surface area contributed by atoms with E-state index < -0.39 is 0 Å². The van der Waals surface area contributed by atoms with Crippen molar-refractivity contribution in [3.8, 4) is 5.88 Å². The number of likely N-dealkylation sites (tertiary alicyclic amines) is 1. The molecule has 0 aliphatic carbocycles. The average Bonchev–Trinajstić information content (AvgIpc) is 3.03. The van der Waals surface area contributed by atoms with Crippen LogP contribution < -0.4 is 10.1 Å². The Labute approximate surface area is 121 Å². The molecule has 3 heterocycles.